The molecule has 1 aliphatic rings. The van der Waals surface area contributed by atoms with E-state index in [0.29, 0.717) is 28.1 Å². The lowest BCUT2D eigenvalue weighted by molar-refractivity contribution is 0.457. The van der Waals surface area contributed by atoms with Crippen LogP contribution in [0.1, 0.15) is 33.5 Å². The van der Waals surface area contributed by atoms with Crippen molar-refractivity contribution in [3.63, 3.8) is 0 Å². The van der Waals surface area contributed by atoms with Crippen molar-refractivity contribution in [1.82, 2.24) is 15.3 Å². The second-order valence-electron chi connectivity index (χ2n) is 6.40. The van der Waals surface area contributed by atoms with Gasteiger partial charge in [-0.1, -0.05) is 27.7 Å². The first-order valence-corrected chi connectivity index (χ1v) is 7.42. The maximum absolute atomic E-state index is 11.9. The minimum Gasteiger partial charge on any atom is -0.308 e. The van der Waals surface area contributed by atoms with Crippen molar-refractivity contribution < 1.29 is 0 Å². The SMILES string of the molecule is CC1(C)C(NCc2nc3ccsc3c(=O)[nH]2)C1(C)C. The van der Waals surface area contributed by atoms with Crippen LogP contribution in [0.2, 0.25) is 0 Å². The molecule has 102 valence electrons. The summed E-state index contributed by atoms with van der Waals surface area (Å²) < 4.78 is 0.704. The third-order valence-electron chi connectivity index (χ3n) is 4.86. The van der Waals surface area contributed by atoms with Gasteiger partial charge >= 0.3 is 0 Å². The van der Waals surface area contributed by atoms with E-state index in [2.05, 4.69) is 43.0 Å². The molecule has 0 amide bonds. The first-order chi connectivity index (χ1) is 8.84. The summed E-state index contributed by atoms with van der Waals surface area (Å²) >= 11 is 1.43. The van der Waals surface area contributed by atoms with Gasteiger partial charge in [-0.25, -0.2) is 4.98 Å². The van der Waals surface area contributed by atoms with E-state index in [0.717, 1.165) is 11.3 Å². The van der Waals surface area contributed by atoms with E-state index in [1.165, 1.54) is 11.3 Å². The van der Waals surface area contributed by atoms with Gasteiger partial charge in [0.1, 0.15) is 10.5 Å². The highest BCUT2D eigenvalue weighted by atomic mass is 32.1. The Balaban J connectivity index is 1.78. The number of hydrogen-bond donors (Lipinski definition) is 2. The Morgan fingerprint density at radius 2 is 2.05 bits per heavy atom. The van der Waals surface area contributed by atoms with E-state index in [1.54, 1.807) is 0 Å². The quantitative estimate of drug-likeness (QED) is 0.906. The number of H-pyrrole nitrogens is 1. The van der Waals surface area contributed by atoms with Crippen LogP contribution in [0, 0.1) is 10.8 Å². The zero-order chi connectivity index (χ0) is 13.8. The highest BCUT2D eigenvalue weighted by Crippen LogP contribution is 2.62. The molecule has 4 nitrogen and oxygen atoms in total. The predicted molar refractivity (Wildman–Crippen MR) is 78.4 cm³/mol. The number of hydrogen-bond acceptors (Lipinski definition) is 4. The molecule has 2 aromatic rings. The molecule has 1 aliphatic carbocycles. The van der Waals surface area contributed by atoms with Gasteiger partial charge in [-0.15, -0.1) is 11.3 Å². The van der Waals surface area contributed by atoms with Crippen LogP contribution in [-0.2, 0) is 6.54 Å². The van der Waals surface area contributed by atoms with Crippen molar-refractivity contribution in [2.24, 2.45) is 10.8 Å². The van der Waals surface area contributed by atoms with Gasteiger partial charge in [0, 0.05) is 6.04 Å². The zero-order valence-corrected chi connectivity index (χ0v) is 12.5. The van der Waals surface area contributed by atoms with Crippen molar-refractivity contribution in [3.05, 3.63) is 27.6 Å². The third kappa shape index (κ3) is 1.83. The summed E-state index contributed by atoms with van der Waals surface area (Å²) in [7, 11) is 0. The Kier molecular flexibility index (Phi) is 2.63. The average Bonchev–Trinajstić information content (AvgIpc) is 2.71. The molecule has 0 atom stereocenters. The monoisotopic (exact) mass is 277 g/mol. The molecule has 2 heterocycles. The number of nitrogens with zero attached hydrogens (tertiary/aromatic N) is 1. The summed E-state index contributed by atoms with van der Waals surface area (Å²) in [5.74, 6) is 0.717. The fraction of sp³-hybridized carbons (Fsp3) is 0.571. The van der Waals surface area contributed by atoms with Gasteiger partial charge < -0.3 is 10.3 Å². The van der Waals surface area contributed by atoms with Crippen LogP contribution in [0.25, 0.3) is 10.2 Å². The van der Waals surface area contributed by atoms with Gasteiger partial charge in [0.15, 0.2) is 0 Å². The molecule has 2 N–H and O–H groups in total. The molecule has 0 unspecified atom stereocenters. The fourth-order valence-corrected chi connectivity index (χ4v) is 3.64. The Morgan fingerprint density at radius 1 is 1.37 bits per heavy atom. The number of nitrogens with one attached hydrogen (secondary N) is 2. The highest BCUT2D eigenvalue weighted by molar-refractivity contribution is 7.17. The van der Waals surface area contributed by atoms with E-state index >= 15 is 0 Å². The fourth-order valence-electron chi connectivity index (χ4n) is 2.91. The highest BCUT2D eigenvalue weighted by Gasteiger charge is 2.64. The van der Waals surface area contributed by atoms with Crippen LogP contribution in [0.15, 0.2) is 16.2 Å². The zero-order valence-electron chi connectivity index (χ0n) is 11.7. The Bertz CT molecular complexity index is 669. The summed E-state index contributed by atoms with van der Waals surface area (Å²) in [5.41, 5.74) is 1.34. The van der Waals surface area contributed by atoms with Crippen LogP contribution < -0.4 is 10.9 Å². The van der Waals surface area contributed by atoms with E-state index in [9.17, 15) is 4.79 Å². The van der Waals surface area contributed by atoms with Crippen LogP contribution in [0.3, 0.4) is 0 Å². The lowest BCUT2D eigenvalue weighted by Gasteiger charge is -2.05. The van der Waals surface area contributed by atoms with Crippen molar-refractivity contribution >= 4 is 21.6 Å². The van der Waals surface area contributed by atoms with Crippen LogP contribution in [-0.4, -0.2) is 16.0 Å². The molecule has 0 radical (unpaired) electrons. The molecular formula is C14H19N3OS. The lowest BCUT2D eigenvalue weighted by Crippen LogP contribution is -2.24. The Morgan fingerprint density at radius 3 is 2.68 bits per heavy atom. The van der Waals surface area contributed by atoms with Crippen LogP contribution in [0.4, 0.5) is 0 Å². The van der Waals surface area contributed by atoms with Gasteiger partial charge in [-0.05, 0) is 22.3 Å². The van der Waals surface area contributed by atoms with Crippen LogP contribution in [0.5, 0.6) is 0 Å². The second kappa shape index (κ2) is 3.90. The number of fused-ring (bicyclic) bond motifs is 1. The smallest absolute Gasteiger partial charge is 0.268 e. The summed E-state index contributed by atoms with van der Waals surface area (Å²) in [5, 5.41) is 5.41. The molecule has 3 rings (SSSR count). The molecular weight excluding hydrogens is 258 g/mol. The maximum atomic E-state index is 11.9. The lowest BCUT2D eigenvalue weighted by atomic mass is 10.0. The molecule has 5 heteroatoms. The maximum Gasteiger partial charge on any atom is 0.268 e. The van der Waals surface area contributed by atoms with Crippen molar-refractivity contribution in [2.45, 2.75) is 40.3 Å². The summed E-state index contributed by atoms with van der Waals surface area (Å²) in [4.78, 5) is 19.2. The summed E-state index contributed by atoms with van der Waals surface area (Å²) in [6, 6.07) is 2.35. The molecule has 0 aliphatic heterocycles. The Labute approximate surface area is 116 Å². The largest absolute Gasteiger partial charge is 0.308 e. The topological polar surface area (TPSA) is 57.8 Å². The van der Waals surface area contributed by atoms with Gasteiger partial charge in [0.25, 0.3) is 5.56 Å². The van der Waals surface area contributed by atoms with Crippen molar-refractivity contribution in [2.75, 3.05) is 0 Å². The van der Waals surface area contributed by atoms with E-state index < -0.39 is 0 Å². The molecule has 1 fully saturated rings. The molecule has 0 aromatic carbocycles. The van der Waals surface area contributed by atoms with Gasteiger partial charge in [0.05, 0.1) is 12.1 Å². The number of aromatic nitrogens is 2. The first kappa shape index (κ1) is 12.8. The molecule has 0 saturated heterocycles. The number of rotatable bonds is 3. The van der Waals surface area contributed by atoms with Gasteiger partial charge in [0.2, 0.25) is 0 Å². The third-order valence-corrected chi connectivity index (χ3v) is 5.76. The van der Waals surface area contributed by atoms with E-state index in [-0.39, 0.29) is 5.56 Å². The van der Waals surface area contributed by atoms with Crippen LogP contribution >= 0.6 is 11.3 Å². The predicted octanol–water partition coefficient (Wildman–Crippen LogP) is 2.51. The number of thiophene rings is 1. The van der Waals surface area contributed by atoms with Crippen molar-refractivity contribution in [1.29, 1.82) is 0 Å². The normalized spacial score (nSPS) is 20.8. The molecule has 0 bridgehead atoms. The summed E-state index contributed by atoms with van der Waals surface area (Å²) in [6.07, 6.45) is 0. The average molecular weight is 277 g/mol. The summed E-state index contributed by atoms with van der Waals surface area (Å²) in [6.45, 7) is 9.68. The minimum atomic E-state index is -0.0360. The second-order valence-corrected chi connectivity index (χ2v) is 7.32. The molecule has 2 aromatic heterocycles. The Hall–Kier alpha value is -1.20. The van der Waals surface area contributed by atoms with Crippen molar-refractivity contribution in [3.8, 4) is 0 Å². The number of aromatic amines is 1. The molecule has 19 heavy (non-hydrogen) atoms. The first-order valence-electron chi connectivity index (χ1n) is 6.54. The minimum absolute atomic E-state index is 0.0360. The molecule has 1 saturated carbocycles. The van der Waals surface area contributed by atoms with Gasteiger partial charge in [-0.2, -0.15) is 0 Å². The van der Waals surface area contributed by atoms with Gasteiger partial charge in [-0.3, -0.25) is 4.79 Å². The molecule has 0 spiro atoms. The van der Waals surface area contributed by atoms with E-state index in [1.807, 2.05) is 11.4 Å². The standard InChI is InChI=1S/C14H19N3OS/c1-13(2)12(14(13,3)4)15-7-9-16-8-5-6-19-10(8)11(18)17-9/h5-6,12,15H,7H2,1-4H3,(H,16,17,18). The van der Waals surface area contributed by atoms with E-state index in [4.69, 9.17) is 0 Å².